The van der Waals surface area contributed by atoms with E-state index in [9.17, 15) is 4.79 Å². The van der Waals surface area contributed by atoms with Crippen LogP contribution in [0.5, 0.6) is 0 Å². The quantitative estimate of drug-likeness (QED) is 0.690. The van der Waals surface area contributed by atoms with Gasteiger partial charge in [0.15, 0.2) is 11.5 Å². The zero-order valence-electron chi connectivity index (χ0n) is 12.6. The Hall–Kier alpha value is -1.64. The Morgan fingerprint density at radius 3 is 2.70 bits per heavy atom. The average Bonchev–Trinajstić information content (AvgIpc) is 2.83. The van der Waals surface area contributed by atoms with Crippen LogP contribution >= 0.6 is 0 Å². The number of carbonyl (C=O) groups excluding carboxylic acids is 1. The minimum absolute atomic E-state index is 0.246. The van der Waals surface area contributed by atoms with Crippen LogP contribution in [0.25, 0.3) is 6.08 Å². The number of carbonyl (C=O) groups is 1. The van der Waals surface area contributed by atoms with Crippen molar-refractivity contribution in [2.45, 2.75) is 58.8 Å². The lowest BCUT2D eigenvalue weighted by atomic mass is 9.97. The molecule has 0 saturated heterocycles. The molecule has 1 aromatic heterocycles. The molecular weight excluding hydrogens is 250 g/mol. The summed E-state index contributed by atoms with van der Waals surface area (Å²) in [5.74, 6) is 1.42. The smallest absolute Gasteiger partial charge is 0.159 e. The second-order valence-electron chi connectivity index (χ2n) is 5.90. The number of rotatable bonds is 0. The number of hydrogen-bond acceptors (Lipinski definition) is 3. The highest BCUT2D eigenvalue weighted by molar-refractivity contribution is 5.90. The number of nitrogens with zero attached hydrogens (tertiary/aromatic N) is 1. The van der Waals surface area contributed by atoms with Gasteiger partial charge in [-0.25, -0.2) is 0 Å². The zero-order valence-corrected chi connectivity index (χ0v) is 12.6. The fraction of sp³-hybridized carbons (Fsp3) is 0.529. The minimum atomic E-state index is 0.246. The van der Waals surface area contributed by atoms with Gasteiger partial charge < -0.3 is 4.52 Å². The number of aromatic nitrogens is 1. The van der Waals surface area contributed by atoms with Gasteiger partial charge in [-0.3, -0.25) is 4.79 Å². The average molecular weight is 273 g/mol. The maximum absolute atomic E-state index is 11.8. The van der Waals surface area contributed by atoms with E-state index in [0.717, 1.165) is 42.7 Å². The Balaban J connectivity index is 2.21. The van der Waals surface area contributed by atoms with Crippen LogP contribution in [0.4, 0.5) is 0 Å². The molecule has 1 aromatic rings. The van der Waals surface area contributed by atoms with Gasteiger partial charge in [0, 0.05) is 18.4 Å². The highest BCUT2D eigenvalue weighted by Gasteiger charge is 2.12. The third-order valence-corrected chi connectivity index (χ3v) is 3.81. The summed E-state index contributed by atoms with van der Waals surface area (Å²) < 4.78 is 5.37. The number of fused-ring (bicyclic) bond motifs is 2. The number of allylic oxidation sites excluding steroid dienone is 3. The largest absolute Gasteiger partial charge is 0.357 e. The summed E-state index contributed by atoms with van der Waals surface area (Å²) in [6.45, 7) is 6.26. The normalized spacial score (nSPS) is 27.1. The van der Waals surface area contributed by atoms with E-state index in [-0.39, 0.29) is 5.78 Å². The standard InChI is InChI=1S/C17H23NO2/c1-12-5-4-6-15(19)9-13(2)7-8-14(3)17-11-16(10-12)20-18-17/h9-11,14H,4-8H2,1-3H3/b12-10-,13-9+. The van der Waals surface area contributed by atoms with E-state index < -0.39 is 0 Å². The Labute approximate surface area is 120 Å². The van der Waals surface area contributed by atoms with Gasteiger partial charge in [-0.1, -0.05) is 23.2 Å². The topological polar surface area (TPSA) is 43.1 Å². The monoisotopic (exact) mass is 273 g/mol. The molecule has 108 valence electrons. The molecule has 2 bridgehead atoms. The predicted molar refractivity (Wildman–Crippen MR) is 80.4 cm³/mol. The summed E-state index contributed by atoms with van der Waals surface area (Å²) in [7, 11) is 0. The molecule has 2 rings (SSSR count). The van der Waals surface area contributed by atoms with Gasteiger partial charge in [-0.05, 0) is 51.7 Å². The lowest BCUT2D eigenvalue weighted by Crippen LogP contribution is -1.98. The summed E-state index contributed by atoms with van der Waals surface area (Å²) >= 11 is 0. The van der Waals surface area contributed by atoms with Crippen LogP contribution in [-0.2, 0) is 4.79 Å². The highest BCUT2D eigenvalue weighted by Crippen LogP contribution is 2.24. The summed E-state index contributed by atoms with van der Waals surface area (Å²) in [6.07, 6.45) is 8.20. The molecule has 3 nitrogen and oxygen atoms in total. The van der Waals surface area contributed by atoms with Gasteiger partial charge in [0.05, 0.1) is 5.69 Å². The van der Waals surface area contributed by atoms with Crippen molar-refractivity contribution in [1.82, 2.24) is 5.16 Å². The zero-order chi connectivity index (χ0) is 14.5. The molecule has 0 spiro atoms. The molecule has 1 aliphatic rings. The molecule has 1 aliphatic carbocycles. The van der Waals surface area contributed by atoms with Crippen molar-refractivity contribution in [1.29, 1.82) is 0 Å². The second-order valence-corrected chi connectivity index (χ2v) is 5.90. The van der Waals surface area contributed by atoms with Gasteiger partial charge in [-0.15, -0.1) is 0 Å². The molecule has 0 fully saturated rings. The van der Waals surface area contributed by atoms with E-state index in [1.54, 1.807) is 0 Å². The fourth-order valence-corrected chi connectivity index (χ4v) is 2.47. The first-order valence-electron chi connectivity index (χ1n) is 7.38. The summed E-state index contributed by atoms with van der Waals surface area (Å²) in [4.78, 5) is 11.8. The van der Waals surface area contributed by atoms with Crippen molar-refractivity contribution >= 4 is 11.9 Å². The van der Waals surface area contributed by atoms with Crippen LogP contribution < -0.4 is 0 Å². The first kappa shape index (κ1) is 14.8. The maximum atomic E-state index is 11.8. The Kier molecular flexibility index (Phi) is 4.94. The van der Waals surface area contributed by atoms with Crippen molar-refractivity contribution in [3.63, 3.8) is 0 Å². The molecule has 1 heterocycles. The van der Waals surface area contributed by atoms with E-state index in [1.807, 2.05) is 25.1 Å². The number of hydrogen-bond donors (Lipinski definition) is 0. The van der Waals surface area contributed by atoms with Gasteiger partial charge >= 0.3 is 0 Å². The molecule has 20 heavy (non-hydrogen) atoms. The summed E-state index contributed by atoms with van der Waals surface area (Å²) in [6, 6.07) is 2.03. The van der Waals surface area contributed by atoms with E-state index >= 15 is 0 Å². The van der Waals surface area contributed by atoms with Crippen molar-refractivity contribution in [2.75, 3.05) is 0 Å². The molecule has 0 N–H and O–H groups in total. The maximum Gasteiger partial charge on any atom is 0.159 e. The Morgan fingerprint density at radius 1 is 1.15 bits per heavy atom. The fourth-order valence-electron chi connectivity index (χ4n) is 2.47. The molecule has 0 amide bonds. The highest BCUT2D eigenvalue weighted by atomic mass is 16.5. The van der Waals surface area contributed by atoms with Crippen LogP contribution in [0, 0.1) is 0 Å². The molecule has 0 radical (unpaired) electrons. The minimum Gasteiger partial charge on any atom is -0.357 e. The first-order chi connectivity index (χ1) is 9.54. The van der Waals surface area contributed by atoms with Crippen molar-refractivity contribution in [3.05, 3.63) is 34.7 Å². The van der Waals surface area contributed by atoms with Gasteiger partial charge in [0.2, 0.25) is 0 Å². The van der Waals surface area contributed by atoms with Crippen molar-refractivity contribution in [3.8, 4) is 0 Å². The van der Waals surface area contributed by atoms with Crippen LogP contribution in [0.1, 0.15) is 70.2 Å². The van der Waals surface area contributed by atoms with Gasteiger partial charge in [0.25, 0.3) is 0 Å². The van der Waals surface area contributed by atoms with Crippen molar-refractivity contribution in [2.24, 2.45) is 0 Å². The summed E-state index contributed by atoms with van der Waals surface area (Å²) in [5, 5.41) is 4.16. The lowest BCUT2D eigenvalue weighted by molar-refractivity contribution is -0.114. The van der Waals surface area contributed by atoms with Crippen LogP contribution in [-0.4, -0.2) is 10.9 Å². The van der Waals surface area contributed by atoms with Crippen LogP contribution in [0.15, 0.2) is 27.8 Å². The lowest BCUT2D eigenvalue weighted by Gasteiger charge is -2.08. The van der Waals surface area contributed by atoms with Gasteiger partial charge in [-0.2, -0.15) is 0 Å². The molecule has 1 atom stereocenters. The number of ketones is 1. The SMILES string of the molecule is C/C1=C/c2cc(no2)C(C)CC/C(C)=C/C(=O)CCC1. The Bertz CT molecular complexity index is 537. The van der Waals surface area contributed by atoms with Crippen LogP contribution in [0.3, 0.4) is 0 Å². The second kappa shape index (κ2) is 6.69. The first-order valence-corrected chi connectivity index (χ1v) is 7.38. The molecule has 0 aromatic carbocycles. The third kappa shape index (κ3) is 4.19. The predicted octanol–water partition coefficient (Wildman–Crippen LogP) is 4.66. The van der Waals surface area contributed by atoms with E-state index in [0.29, 0.717) is 12.3 Å². The van der Waals surface area contributed by atoms with Crippen molar-refractivity contribution < 1.29 is 9.32 Å². The molecular formula is C17H23NO2. The molecule has 0 saturated carbocycles. The molecule has 1 unspecified atom stereocenters. The van der Waals surface area contributed by atoms with Crippen LogP contribution in [0.2, 0.25) is 0 Å². The van der Waals surface area contributed by atoms with E-state index in [1.165, 1.54) is 5.57 Å². The Morgan fingerprint density at radius 2 is 1.90 bits per heavy atom. The van der Waals surface area contributed by atoms with E-state index in [2.05, 4.69) is 19.0 Å². The van der Waals surface area contributed by atoms with Gasteiger partial charge in [0.1, 0.15) is 0 Å². The molecule has 3 heteroatoms. The third-order valence-electron chi connectivity index (χ3n) is 3.81. The molecule has 0 aliphatic heterocycles. The summed E-state index contributed by atoms with van der Waals surface area (Å²) in [5.41, 5.74) is 3.39. The van der Waals surface area contributed by atoms with E-state index in [4.69, 9.17) is 4.52 Å².